The Hall–Kier alpha value is -1.71. The normalized spacial score (nSPS) is 11.9. The Bertz CT molecular complexity index is 318. The lowest BCUT2D eigenvalue weighted by Gasteiger charge is -2.10. The lowest BCUT2D eigenvalue weighted by Crippen LogP contribution is -2.22. The van der Waals surface area contributed by atoms with E-state index in [0.717, 1.165) is 5.75 Å². The molecule has 4 heteroatoms. The molecule has 0 aliphatic rings. The van der Waals surface area contributed by atoms with E-state index in [-0.39, 0.29) is 0 Å². The molecule has 82 valence electrons. The summed E-state index contributed by atoms with van der Waals surface area (Å²) >= 11 is 0. The molecule has 1 aromatic carbocycles. The highest BCUT2D eigenvalue weighted by Gasteiger charge is 2.11. The zero-order valence-corrected chi connectivity index (χ0v) is 8.77. The molecule has 0 fully saturated rings. The van der Waals surface area contributed by atoms with Crippen molar-refractivity contribution in [3.05, 3.63) is 24.3 Å². The molecule has 0 saturated carbocycles. The molecule has 0 radical (unpaired) electrons. The van der Waals surface area contributed by atoms with Crippen molar-refractivity contribution in [1.29, 1.82) is 0 Å². The summed E-state index contributed by atoms with van der Waals surface area (Å²) in [6.07, 6.45) is -0.844. The number of hydrogen-bond acceptors (Lipinski definition) is 3. The van der Waals surface area contributed by atoms with Gasteiger partial charge in [0.25, 0.3) is 0 Å². The maximum atomic E-state index is 10.5. The first-order valence-electron chi connectivity index (χ1n) is 4.75. The predicted octanol–water partition coefficient (Wildman–Crippen LogP) is 1.94. The summed E-state index contributed by atoms with van der Waals surface area (Å²) in [4.78, 5) is 10.5. The van der Waals surface area contributed by atoms with Crippen LogP contribution < -0.4 is 9.47 Å². The third kappa shape index (κ3) is 3.50. The van der Waals surface area contributed by atoms with Gasteiger partial charge in [-0.2, -0.15) is 0 Å². The Morgan fingerprint density at radius 3 is 2.33 bits per heavy atom. The quantitative estimate of drug-likeness (QED) is 0.806. The molecular weight excluding hydrogens is 196 g/mol. The highest BCUT2D eigenvalue weighted by atomic mass is 16.5. The van der Waals surface area contributed by atoms with Crippen molar-refractivity contribution in [3.8, 4) is 11.5 Å². The molecule has 0 spiro atoms. The van der Waals surface area contributed by atoms with Crippen molar-refractivity contribution < 1.29 is 19.4 Å². The summed E-state index contributed by atoms with van der Waals surface area (Å²) < 4.78 is 10.4. The lowest BCUT2D eigenvalue weighted by atomic mass is 10.3. The van der Waals surface area contributed by atoms with Crippen molar-refractivity contribution in [2.45, 2.75) is 20.0 Å². The molecule has 1 aromatic rings. The molecule has 0 heterocycles. The van der Waals surface area contributed by atoms with Crippen LogP contribution in [-0.2, 0) is 4.79 Å². The van der Waals surface area contributed by atoms with Gasteiger partial charge in [0.05, 0.1) is 6.61 Å². The molecule has 0 aromatic heterocycles. The first-order chi connectivity index (χ1) is 7.13. The highest BCUT2D eigenvalue weighted by molar-refractivity contribution is 5.72. The fraction of sp³-hybridized carbons (Fsp3) is 0.364. The van der Waals surface area contributed by atoms with Crippen LogP contribution in [0.5, 0.6) is 11.5 Å². The second kappa shape index (κ2) is 5.24. The average molecular weight is 210 g/mol. The Morgan fingerprint density at radius 2 is 1.87 bits per heavy atom. The molecule has 4 nitrogen and oxygen atoms in total. The number of carboxylic acid groups (broad SMARTS) is 1. The number of benzene rings is 1. The van der Waals surface area contributed by atoms with E-state index in [4.69, 9.17) is 14.6 Å². The van der Waals surface area contributed by atoms with Gasteiger partial charge in [-0.3, -0.25) is 0 Å². The van der Waals surface area contributed by atoms with E-state index >= 15 is 0 Å². The smallest absolute Gasteiger partial charge is 0.344 e. The fourth-order valence-electron chi connectivity index (χ4n) is 1.04. The van der Waals surface area contributed by atoms with Gasteiger partial charge in [-0.1, -0.05) is 0 Å². The zero-order chi connectivity index (χ0) is 11.3. The summed E-state index contributed by atoms with van der Waals surface area (Å²) in [6, 6.07) is 6.86. The van der Waals surface area contributed by atoms with E-state index in [1.807, 2.05) is 6.92 Å². The van der Waals surface area contributed by atoms with Crippen LogP contribution in [0.4, 0.5) is 0 Å². The maximum Gasteiger partial charge on any atom is 0.344 e. The summed E-state index contributed by atoms with van der Waals surface area (Å²) in [5.41, 5.74) is 0. The number of carboxylic acids is 1. The molecule has 1 unspecified atom stereocenters. The van der Waals surface area contributed by atoms with Gasteiger partial charge >= 0.3 is 5.97 Å². The van der Waals surface area contributed by atoms with Gasteiger partial charge in [-0.05, 0) is 38.1 Å². The third-order valence-corrected chi connectivity index (χ3v) is 1.80. The van der Waals surface area contributed by atoms with Crippen LogP contribution in [0.3, 0.4) is 0 Å². The zero-order valence-electron chi connectivity index (χ0n) is 8.77. The van der Waals surface area contributed by atoms with Crippen molar-refractivity contribution >= 4 is 5.97 Å². The summed E-state index contributed by atoms with van der Waals surface area (Å²) in [5.74, 6) is 0.282. The predicted molar refractivity (Wildman–Crippen MR) is 55.3 cm³/mol. The third-order valence-electron chi connectivity index (χ3n) is 1.80. The van der Waals surface area contributed by atoms with Crippen LogP contribution in [0.1, 0.15) is 13.8 Å². The van der Waals surface area contributed by atoms with Gasteiger partial charge in [0.2, 0.25) is 0 Å². The molecule has 0 bridgehead atoms. The molecular formula is C11H14O4. The Morgan fingerprint density at radius 1 is 1.33 bits per heavy atom. The molecule has 0 saturated heterocycles. The van der Waals surface area contributed by atoms with Gasteiger partial charge in [-0.25, -0.2) is 4.79 Å². The Kier molecular flexibility index (Phi) is 3.97. The molecule has 0 amide bonds. The molecule has 1 N–H and O–H groups in total. The van der Waals surface area contributed by atoms with Crippen LogP contribution >= 0.6 is 0 Å². The first kappa shape index (κ1) is 11.4. The van der Waals surface area contributed by atoms with Gasteiger partial charge in [0.1, 0.15) is 11.5 Å². The van der Waals surface area contributed by atoms with Crippen LogP contribution in [0.2, 0.25) is 0 Å². The molecule has 1 rings (SSSR count). The maximum absolute atomic E-state index is 10.5. The molecule has 1 atom stereocenters. The molecule has 0 aliphatic carbocycles. The van der Waals surface area contributed by atoms with Crippen LogP contribution in [0.25, 0.3) is 0 Å². The minimum Gasteiger partial charge on any atom is -0.494 e. The number of hydrogen-bond donors (Lipinski definition) is 1. The van der Waals surface area contributed by atoms with E-state index < -0.39 is 12.1 Å². The van der Waals surface area contributed by atoms with Gasteiger partial charge in [0, 0.05) is 0 Å². The number of aliphatic carboxylic acids is 1. The van der Waals surface area contributed by atoms with Crippen LogP contribution in [0, 0.1) is 0 Å². The lowest BCUT2D eigenvalue weighted by molar-refractivity contribution is -0.144. The molecule has 0 aliphatic heterocycles. The highest BCUT2D eigenvalue weighted by Crippen LogP contribution is 2.18. The van der Waals surface area contributed by atoms with Crippen molar-refractivity contribution in [2.24, 2.45) is 0 Å². The summed E-state index contributed by atoms with van der Waals surface area (Å²) in [7, 11) is 0. The van der Waals surface area contributed by atoms with E-state index in [2.05, 4.69) is 0 Å². The van der Waals surface area contributed by atoms with Crippen molar-refractivity contribution in [2.75, 3.05) is 6.61 Å². The monoisotopic (exact) mass is 210 g/mol. The number of rotatable bonds is 5. The van der Waals surface area contributed by atoms with Crippen molar-refractivity contribution in [1.82, 2.24) is 0 Å². The second-order valence-electron chi connectivity index (χ2n) is 3.00. The Balaban J connectivity index is 2.60. The minimum absolute atomic E-state index is 0.522. The van der Waals surface area contributed by atoms with E-state index in [1.165, 1.54) is 6.92 Å². The van der Waals surface area contributed by atoms with Gasteiger partial charge < -0.3 is 14.6 Å². The fourth-order valence-corrected chi connectivity index (χ4v) is 1.04. The molecule has 15 heavy (non-hydrogen) atoms. The van der Waals surface area contributed by atoms with Crippen LogP contribution in [0.15, 0.2) is 24.3 Å². The standard InChI is InChI=1S/C11H14O4/c1-3-14-9-4-6-10(7-5-9)15-8(2)11(12)13/h4-8H,3H2,1-2H3,(H,12,13). The van der Waals surface area contributed by atoms with Crippen LogP contribution in [-0.4, -0.2) is 23.8 Å². The summed E-state index contributed by atoms with van der Waals surface area (Å²) in [6.45, 7) is 3.99. The van der Waals surface area contributed by atoms with Gasteiger partial charge in [0.15, 0.2) is 6.10 Å². The largest absolute Gasteiger partial charge is 0.494 e. The average Bonchev–Trinajstić information content (AvgIpc) is 2.21. The minimum atomic E-state index is -0.983. The topological polar surface area (TPSA) is 55.8 Å². The van der Waals surface area contributed by atoms with E-state index in [9.17, 15) is 4.79 Å². The number of carbonyl (C=O) groups is 1. The Labute approximate surface area is 88.4 Å². The van der Waals surface area contributed by atoms with Crippen molar-refractivity contribution in [3.63, 3.8) is 0 Å². The second-order valence-corrected chi connectivity index (χ2v) is 3.00. The van der Waals surface area contributed by atoms with E-state index in [1.54, 1.807) is 24.3 Å². The van der Waals surface area contributed by atoms with E-state index in [0.29, 0.717) is 12.4 Å². The first-order valence-corrected chi connectivity index (χ1v) is 4.75. The number of ether oxygens (including phenoxy) is 2. The summed E-state index contributed by atoms with van der Waals surface area (Å²) in [5, 5.41) is 8.63. The van der Waals surface area contributed by atoms with Gasteiger partial charge in [-0.15, -0.1) is 0 Å². The SMILES string of the molecule is CCOc1ccc(OC(C)C(=O)O)cc1.